The average Bonchev–Trinajstić information content (AvgIpc) is 2.28. The lowest BCUT2D eigenvalue weighted by Crippen LogP contribution is -2.25. The minimum Gasteiger partial charge on any atom is -0.299 e. The highest BCUT2D eigenvalue weighted by molar-refractivity contribution is 5.84. The van der Waals surface area contributed by atoms with Crippen LogP contribution in [0.2, 0.25) is 0 Å². The molecule has 1 aliphatic rings. The molecule has 2 atom stereocenters. The number of carbonyl (C=O) groups excluding carboxylic acids is 1. The normalized spacial score (nSPS) is 33.9. The molecule has 0 aliphatic heterocycles. The molecule has 1 fully saturated rings. The van der Waals surface area contributed by atoms with Gasteiger partial charge in [-0.2, -0.15) is 0 Å². The number of carbonyl (C=O) groups is 1. The van der Waals surface area contributed by atoms with Crippen molar-refractivity contribution in [1.82, 2.24) is 0 Å². The molecule has 1 saturated carbocycles. The molecule has 0 bridgehead atoms. The van der Waals surface area contributed by atoms with Gasteiger partial charge in [0.2, 0.25) is 0 Å². The van der Waals surface area contributed by atoms with E-state index in [0.717, 1.165) is 31.6 Å². The van der Waals surface area contributed by atoms with Crippen LogP contribution in [0, 0.1) is 16.7 Å². The predicted molar refractivity (Wildman–Crippen MR) is 64.8 cm³/mol. The lowest BCUT2D eigenvalue weighted by atomic mass is 9.75. The van der Waals surface area contributed by atoms with E-state index in [2.05, 4.69) is 34.6 Å². The Morgan fingerprint density at radius 2 is 1.93 bits per heavy atom. The number of hydrogen-bond acceptors (Lipinski definition) is 1. The second-order valence-corrected chi connectivity index (χ2v) is 6.48. The van der Waals surface area contributed by atoms with Crippen molar-refractivity contribution in [2.24, 2.45) is 16.7 Å². The lowest BCUT2D eigenvalue weighted by molar-refractivity contribution is -0.128. The Labute approximate surface area is 94.6 Å². The lowest BCUT2D eigenvalue weighted by Gasteiger charge is -2.30. The second-order valence-electron chi connectivity index (χ2n) is 6.48. The number of Topliss-reactive ketones (excluding diaryl/α,β-unsaturated/α-hetero) is 1. The Hall–Kier alpha value is -0.330. The van der Waals surface area contributed by atoms with Crippen LogP contribution in [0.1, 0.15) is 66.7 Å². The molecule has 0 aromatic rings. The zero-order chi connectivity index (χ0) is 11.7. The zero-order valence-corrected chi connectivity index (χ0v) is 11.0. The van der Waals surface area contributed by atoms with Crippen LogP contribution in [0.15, 0.2) is 0 Å². The largest absolute Gasteiger partial charge is 0.299 e. The summed E-state index contributed by atoms with van der Waals surface area (Å²) in [5.41, 5.74) is 0.333. The molecule has 1 nitrogen and oxygen atoms in total. The van der Waals surface area contributed by atoms with Crippen LogP contribution in [0.3, 0.4) is 0 Å². The van der Waals surface area contributed by atoms with E-state index in [-0.39, 0.29) is 5.41 Å². The minimum atomic E-state index is -0.0278. The van der Waals surface area contributed by atoms with Gasteiger partial charge in [-0.1, -0.05) is 34.6 Å². The first-order chi connectivity index (χ1) is 6.79. The van der Waals surface area contributed by atoms with Crippen molar-refractivity contribution in [2.75, 3.05) is 0 Å². The summed E-state index contributed by atoms with van der Waals surface area (Å²) < 4.78 is 0. The highest BCUT2D eigenvalue weighted by Gasteiger charge is 2.37. The summed E-state index contributed by atoms with van der Waals surface area (Å²) in [6.07, 6.45) is 5.21. The van der Waals surface area contributed by atoms with Crippen LogP contribution in [0.4, 0.5) is 0 Å². The molecular formula is C14H26O. The van der Waals surface area contributed by atoms with Gasteiger partial charge in [-0.05, 0) is 37.0 Å². The van der Waals surface area contributed by atoms with E-state index in [1.54, 1.807) is 0 Å². The fourth-order valence-electron chi connectivity index (χ4n) is 2.62. The first-order valence-electron chi connectivity index (χ1n) is 6.33. The molecule has 0 heterocycles. The van der Waals surface area contributed by atoms with Gasteiger partial charge in [0.1, 0.15) is 5.78 Å². The van der Waals surface area contributed by atoms with E-state index in [9.17, 15) is 4.79 Å². The molecule has 0 amide bonds. The van der Waals surface area contributed by atoms with E-state index in [1.165, 1.54) is 6.42 Å². The highest BCUT2D eigenvalue weighted by Crippen LogP contribution is 2.42. The Bertz CT molecular complexity index is 236. The summed E-state index contributed by atoms with van der Waals surface area (Å²) >= 11 is 0. The predicted octanol–water partition coefficient (Wildman–Crippen LogP) is 4.21. The first-order valence-corrected chi connectivity index (χ1v) is 6.33. The maximum absolute atomic E-state index is 12.0. The molecule has 88 valence electrons. The van der Waals surface area contributed by atoms with Gasteiger partial charge in [-0.15, -0.1) is 0 Å². The molecule has 0 N–H and O–H groups in total. The van der Waals surface area contributed by atoms with Crippen molar-refractivity contribution in [3.05, 3.63) is 0 Å². The number of ketones is 1. The SMILES string of the molecule is CCC1(C)CCC(C(C)(C)C)CCC1=O. The van der Waals surface area contributed by atoms with Crippen molar-refractivity contribution in [1.29, 1.82) is 0 Å². The number of hydrogen-bond donors (Lipinski definition) is 0. The van der Waals surface area contributed by atoms with Crippen molar-refractivity contribution in [2.45, 2.75) is 66.7 Å². The van der Waals surface area contributed by atoms with Gasteiger partial charge >= 0.3 is 0 Å². The molecule has 1 aliphatic carbocycles. The van der Waals surface area contributed by atoms with Gasteiger partial charge in [0.15, 0.2) is 0 Å². The third-order valence-electron chi connectivity index (χ3n) is 4.44. The molecule has 0 aromatic carbocycles. The summed E-state index contributed by atoms with van der Waals surface area (Å²) in [5, 5.41) is 0. The Kier molecular flexibility index (Phi) is 3.63. The first kappa shape index (κ1) is 12.7. The molecule has 0 saturated heterocycles. The third-order valence-corrected chi connectivity index (χ3v) is 4.44. The van der Waals surface area contributed by atoms with Gasteiger partial charge in [0.25, 0.3) is 0 Å². The van der Waals surface area contributed by atoms with Crippen LogP contribution < -0.4 is 0 Å². The van der Waals surface area contributed by atoms with Crippen molar-refractivity contribution >= 4 is 5.78 Å². The fourth-order valence-corrected chi connectivity index (χ4v) is 2.62. The molecule has 1 heteroatoms. The Morgan fingerprint density at radius 3 is 2.40 bits per heavy atom. The van der Waals surface area contributed by atoms with Gasteiger partial charge in [0, 0.05) is 11.8 Å². The summed E-state index contributed by atoms with van der Waals surface area (Å²) in [5.74, 6) is 1.21. The van der Waals surface area contributed by atoms with Gasteiger partial charge < -0.3 is 0 Å². The smallest absolute Gasteiger partial charge is 0.138 e. The summed E-state index contributed by atoms with van der Waals surface area (Å²) in [6, 6.07) is 0. The van der Waals surface area contributed by atoms with E-state index < -0.39 is 0 Å². The molecule has 0 aromatic heterocycles. The monoisotopic (exact) mass is 210 g/mol. The third kappa shape index (κ3) is 2.83. The van der Waals surface area contributed by atoms with Crippen LogP contribution in [-0.2, 0) is 4.79 Å². The van der Waals surface area contributed by atoms with E-state index in [1.807, 2.05) is 0 Å². The molecule has 2 unspecified atom stereocenters. The van der Waals surface area contributed by atoms with Gasteiger partial charge in [-0.3, -0.25) is 4.79 Å². The molecule has 0 radical (unpaired) electrons. The fraction of sp³-hybridized carbons (Fsp3) is 0.929. The Morgan fingerprint density at radius 1 is 1.33 bits per heavy atom. The topological polar surface area (TPSA) is 17.1 Å². The van der Waals surface area contributed by atoms with E-state index >= 15 is 0 Å². The van der Waals surface area contributed by atoms with Crippen molar-refractivity contribution in [3.63, 3.8) is 0 Å². The standard InChI is InChI=1S/C14H26O/c1-6-14(5)10-9-11(13(2,3)4)7-8-12(14)15/h11H,6-10H2,1-5H3. The minimum absolute atomic E-state index is 0.0278. The summed E-state index contributed by atoms with van der Waals surface area (Å²) in [6.45, 7) is 11.2. The van der Waals surface area contributed by atoms with E-state index in [4.69, 9.17) is 0 Å². The molecule has 15 heavy (non-hydrogen) atoms. The summed E-state index contributed by atoms with van der Waals surface area (Å²) in [7, 11) is 0. The zero-order valence-electron chi connectivity index (χ0n) is 11.0. The van der Waals surface area contributed by atoms with E-state index in [0.29, 0.717) is 11.2 Å². The van der Waals surface area contributed by atoms with Crippen LogP contribution in [0.5, 0.6) is 0 Å². The Balaban J connectivity index is 2.74. The molecule has 0 spiro atoms. The second kappa shape index (κ2) is 4.27. The van der Waals surface area contributed by atoms with Gasteiger partial charge in [-0.25, -0.2) is 0 Å². The quantitative estimate of drug-likeness (QED) is 0.593. The van der Waals surface area contributed by atoms with Crippen LogP contribution >= 0.6 is 0 Å². The van der Waals surface area contributed by atoms with Crippen molar-refractivity contribution < 1.29 is 4.79 Å². The highest BCUT2D eigenvalue weighted by atomic mass is 16.1. The molecular weight excluding hydrogens is 184 g/mol. The molecule has 1 rings (SSSR count). The maximum Gasteiger partial charge on any atom is 0.138 e. The maximum atomic E-state index is 12.0. The van der Waals surface area contributed by atoms with Gasteiger partial charge in [0.05, 0.1) is 0 Å². The van der Waals surface area contributed by atoms with Crippen molar-refractivity contribution in [3.8, 4) is 0 Å². The average molecular weight is 210 g/mol. The number of rotatable bonds is 1. The van der Waals surface area contributed by atoms with Crippen LogP contribution in [-0.4, -0.2) is 5.78 Å². The summed E-state index contributed by atoms with van der Waals surface area (Å²) in [4.78, 5) is 12.0. The van der Waals surface area contributed by atoms with Crippen LogP contribution in [0.25, 0.3) is 0 Å².